The molecule has 0 aliphatic heterocycles. The number of nitrogens with one attached hydrogen (secondary N) is 1. The molecule has 3 aromatic carbocycles. The second-order valence-electron chi connectivity index (χ2n) is 7.58. The van der Waals surface area contributed by atoms with Crippen molar-refractivity contribution in [2.24, 2.45) is 0 Å². The quantitative estimate of drug-likeness (QED) is 0.567. The monoisotopic (exact) mass is 436 g/mol. The number of nitrogens with zero attached hydrogens (tertiary/aromatic N) is 1. The molecule has 1 N–H and O–H groups in total. The third-order valence-corrected chi connectivity index (χ3v) is 6.35. The standard InChI is InChI=1S/C25H28N2O3S/c1-4-23(27(31(3,29)30)22-17-15-19(2)16-18-22)25(28)26-24(20-11-7-5-8-12-20)21-13-9-6-10-14-21/h5-18,23-24H,4H2,1-3H3,(H,26,28). The predicted octanol–water partition coefficient (Wildman–Crippen LogP) is 4.45. The van der Waals surface area contributed by atoms with Gasteiger partial charge >= 0.3 is 0 Å². The Labute approximate surface area is 184 Å². The molecule has 31 heavy (non-hydrogen) atoms. The Balaban J connectivity index is 1.97. The van der Waals surface area contributed by atoms with Gasteiger partial charge in [-0.2, -0.15) is 0 Å². The zero-order valence-electron chi connectivity index (χ0n) is 18.0. The van der Waals surface area contributed by atoms with Crippen molar-refractivity contribution in [1.29, 1.82) is 0 Å². The van der Waals surface area contributed by atoms with Crippen LogP contribution >= 0.6 is 0 Å². The smallest absolute Gasteiger partial charge is 0.244 e. The van der Waals surface area contributed by atoms with E-state index in [1.165, 1.54) is 4.31 Å². The van der Waals surface area contributed by atoms with Crippen LogP contribution in [0, 0.1) is 6.92 Å². The fourth-order valence-electron chi connectivity index (χ4n) is 3.64. The summed E-state index contributed by atoms with van der Waals surface area (Å²) < 4.78 is 26.6. The summed E-state index contributed by atoms with van der Waals surface area (Å²) in [5.41, 5.74) is 3.35. The first-order valence-corrected chi connectivity index (χ1v) is 12.1. The average molecular weight is 437 g/mol. The van der Waals surface area contributed by atoms with E-state index in [9.17, 15) is 13.2 Å². The van der Waals surface area contributed by atoms with Crippen LogP contribution in [0.2, 0.25) is 0 Å². The second kappa shape index (κ2) is 9.79. The van der Waals surface area contributed by atoms with E-state index in [2.05, 4.69) is 5.32 Å². The zero-order valence-corrected chi connectivity index (χ0v) is 18.8. The summed E-state index contributed by atoms with van der Waals surface area (Å²) in [5, 5.41) is 3.09. The summed E-state index contributed by atoms with van der Waals surface area (Å²) in [5.74, 6) is -0.341. The Morgan fingerprint density at radius 3 is 1.77 bits per heavy atom. The van der Waals surface area contributed by atoms with E-state index in [-0.39, 0.29) is 11.9 Å². The van der Waals surface area contributed by atoms with Crippen LogP contribution in [0.25, 0.3) is 0 Å². The lowest BCUT2D eigenvalue weighted by Gasteiger charge is -2.32. The maximum absolute atomic E-state index is 13.4. The van der Waals surface area contributed by atoms with Gasteiger partial charge in [0.2, 0.25) is 15.9 Å². The molecular formula is C25H28N2O3S. The van der Waals surface area contributed by atoms with Gasteiger partial charge < -0.3 is 5.32 Å². The minimum Gasteiger partial charge on any atom is -0.343 e. The molecular weight excluding hydrogens is 408 g/mol. The van der Waals surface area contributed by atoms with Gasteiger partial charge in [0.15, 0.2) is 0 Å². The van der Waals surface area contributed by atoms with Crippen LogP contribution in [0.1, 0.15) is 36.1 Å². The Hall–Kier alpha value is -3.12. The fourth-order valence-corrected chi connectivity index (χ4v) is 4.85. The van der Waals surface area contributed by atoms with Gasteiger partial charge in [-0.25, -0.2) is 8.42 Å². The molecule has 1 unspecified atom stereocenters. The summed E-state index contributed by atoms with van der Waals surface area (Å²) in [7, 11) is -3.68. The summed E-state index contributed by atoms with van der Waals surface area (Å²) >= 11 is 0. The Bertz CT molecular complexity index is 1060. The Morgan fingerprint density at radius 1 is 0.871 bits per heavy atom. The third-order valence-electron chi connectivity index (χ3n) is 5.17. The molecule has 1 atom stereocenters. The van der Waals surface area contributed by atoms with Gasteiger partial charge in [-0.05, 0) is 36.6 Å². The van der Waals surface area contributed by atoms with Crippen molar-refractivity contribution in [1.82, 2.24) is 5.32 Å². The molecule has 162 valence electrons. The largest absolute Gasteiger partial charge is 0.343 e. The van der Waals surface area contributed by atoms with Crippen LogP contribution in [-0.2, 0) is 14.8 Å². The lowest BCUT2D eigenvalue weighted by atomic mass is 9.98. The second-order valence-corrected chi connectivity index (χ2v) is 9.44. The molecule has 0 radical (unpaired) electrons. The highest BCUT2D eigenvalue weighted by atomic mass is 32.2. The summed E-state index contributed by atoms with van der Waals surface area (Å²) in [6.07, 6.45) is 1.47. The minimum absolute atomic E-state index is 0.336. The van der Waals surface area contributed by atoms with Crippen molar-refractivity contribution in [3.05, 3.63) is 102 Å². The zero-order chi connectivity index (χ0) is 22.4. The normalized spacial score (nSPS) is 12.4. The average Bonchev–Trinajstić information content (AvgIpc) is 2.77. The van der Waals surface area contributed by atoms with Gasteiger partial charge in [-0.15, -0.1) is 0 Å². The molecule has 3 rings (SSSR count). The van der Waals surface area contributed by atoms with Crippen molar-refractivity contribution < 1.29 is 13.2 Å². The maximum Gasteiger partial charge on any atom is 0.244 e. The van der Waals surface area contributed by atoms with E-state index in [4.69, 9.17) is 0 Å². The molecule has 0 aromatic heterocycles. The number of rotatable bonds is 8. The van der Waals surface area contributed by atoms with Crippen LogP contribution in [0.3, 0.4) is 0 Å². The molecule has 0 saturated heterocycles. The molecule has 0 heterocycles. The highest BCUT2D eigenvalue weighted by Crippen LogP contribution is 2.26. The van der Waals surface area contributed by atoms with Crippen LogP contribution in [0.15, 0.2) is 84.9 Å². The molecule has 3 aromatic rings. The summed E-state index contributed by atoms with van der Waals surface area (Å²) in [6.45, 7) is 3.75. The minimum atomic E-state index is -3.68. The van der Waals surface area contributed by atoms with Crippen molar-refractivity contribution >= 4 is 21.6 Å². The SMILES string of the molecule is CCC(C(=O)NC(c1ccccc1)c1ccccc1)N(c1ccc(C)cc1)S(C)(=O)=O. The number of benzene rings is 3. The van der Waals surface area contributed by atoms with Gasteiger partial charge in [-0.1, -0.05) is 85.3 Å². The van der Waals surface area contributed by atoms with Crippen molar-refractivity contribution in [2.45, 2.75) is 32.4 Å². The molecule has 0 aliphatic rings. The maximum atomic E-state index is 13.4. The van der Waals surface area contributed by atoms with E-state index < -0.39 is 16.1 Å². The van der Waals surface area contributed by atoms with E-state index >= 15 is 0 Å². The molecule has 5 nitrogen and oxygen atoms in total. The van der Waals surface area contributed by atoms with Gasteiger partial charge in [0, 0.05) is 0 Å². The third kappa shape index (κ3) is 5.52. The highest BCUT2D eigenvalue weighted by Gasteiger charge is 2.33. The Morgan fingerprint density at radius 2 is 1.35 bits per heavy atom. The molecule has 0 fully saturated rings. The predicted molar refractivity (Wildman–Crippen MR) is 125 cm³/mol. The van der Waals surface area contributed by atoms with Gasteiger partial charge in [0.1, 0.15) is 6.04 Å². The van der Waals surface area contributed by atoms with Gasteiger partial charge in [0.05, 0.1) is 18.0 Å². The molecule has 0 aliphatic carbocycles. The van der Waals surface area contributed by atoms with E-state index in [0.29, 0.717) is 12.1 Å². The topological polar surface area (TPSA) is 66.5 Å². The first-order chi connectivity index (χ1) is 14.8. The lowest BCUT2D eigenvalue weighted by Crippen LogP contribution is -2.50. The van der Waals surface area contributed by atoms with Crippen LogP contribution in [0.5, 0.6) is 0 Å². The number of anilines is 1. The van der Waals surface area contributed by atoms with E-state index in [1.54, 1.807) is 12.1 Å². The first-order valence-electron chi connectivity index (χ1n) is 10.3. The summed E-state index contributed by atoms with van der Waals surface area (Å²) in [4.78, 5) is 13.4. The number of hydrogen-bond acceptors (Lipinski definition) is 3. The highest BCUT2D eigenvalue weighted by molar-refractivity contribution is 7.92. The first kappa shape index (κ1) is 22.6. The van der Waals surface area contributed by atoms with Crippen LogP contribution in [-0.4, -0.2) is 26.6 Å². The van der Waals surface area contributed by atoms with Crippen LogP contribution < -0.4 is 9.62 Å². The van der Waals surface area contributed by atoms with Crippen molar-refractivity contribution in [3.8, 4) is 0 Å². The lowest BCUT2D eigenvalue weighted by molar-refractivity contribution is -0.122. The fraction of sp³-hybridized carbons (Fsp3) is 0.240. The molecule has 1 amide bonds. The summed E-state index contributed by atoms with van der Waals surface area (Å²) in [6, 6.07) is 25.2. The number of amides is 1. The molecule has 0 bridgehead atoms. The number of sulfonamides is 1. The Kier molecular flexibility index (Phi) is 7.13. The number of carbonyl (C=O) groups excluding carboxylic acids is 1. The van der Waals surface area contributed by atoms with Gasteiger partial charge in [0.25, 0.3) is 0 Å². The van der Waals surface area contributed by atoms with E-state index in [0.717, 1.165) is 22.9 Å². The van der Waals surface area contributed by atoms with Crippen molar-refractivity contribution in [2.75, 3.05) is 10.6 Å². The van der Waals surface area contributed by atoms with Crippen molar-refractivity contribution in [3.63, 3.8) is 0 Å². The number of hydrogen-bond donors (Lipinski definition) is 1. The molecule has 6 heteroatoms. The molecule has 0 spiro atoms. The van der Waals surface area contributed by atoms with Crippen LogP contribution in [0.4, 0.5) is 5.69 Å². The van der Waals surface area contributed by atoms with E-state index in [1.807, 2.05) is 86.6 Å². The number of aryl methyl sites for hydroxylation is 1. The molecule has 0 saturated carbocycles. The van der Waals surface area contributed by atoms with Gasteiger partial charge in [-0.3, -0.25) is 9.10 Å². The number of carbonyl (C=O) groups is 1.